The number of nitrogens with one attached hydrogen (secondary N) is 1. The Labute approximate surface area is 114 Å². The van der Waals surface area contributed by atoms with Gasteiger partial charge in [-0.25, -0.2) is 0 Å². The van der Waals surface area contributed by atoms with Gasteiger partial charge in [0.25, 0.3) is 0 Å². The molecule has 0 aliphatic carbocycles. The first-order valence-electron chi connectivity index (χ1n) is 7.14. The highest BCUT2D eigenvalue weighted by molar-refractivity contribution is 6.05. The second-order valence-electron chi connectivity index (χ2n) is 5.94. The fourth-order valence-electron chi connectivity index (χ4n) is 2.83. The molecule has 2 amide bonds. The van der Waals surface area contributed by atoms with Crippen molar-refractivity contribution in [1.29, 1.82) is 0 Å². The summed E-state index contributed by atoms with van der Waals surface area (Å²) in [6, 6.07) is -0.410. The van der Waals surface area contributed by atoms with Gasteiger partial charge in [0.1, 0.15) is 0 Å². The van der Waals surface area contributed by atoms with Crippen LogP contribution in [0.15, 0.2) is 0 Å². The Morgan fingerprint density at radius 3 is 2.74 bits per heavy atom. The number of ether oxygens (including phenoxy) is 1. The summed E-state index contributed by atoms with van der Waals surface area (Å²) in [5, 5.41) is 3.36. The molecule has 1 N–H and O–H groups in total. The van der Waals surface area contributed by atoms with Crippen molar-refractivity contribution in [2.45, 2.75) is 70.7 Å². The number of carbonyl (C=O) groups excluding carboxylic acids is 2. The standard InChI is InChI=1S/C14H24N2O3/c1-5-9(2)16-12(17)8-11(13(16)18)15-14(4)6-7-19-10(14)3/h9-11,15H,5-8H2,1-4H3. The molecule has 2 aliphatic heterocycles. The lowest BCUT2D eigenvalue weighted by atomic mass is 9.93. The summed E-state index contributed by atoms with van der Waals surface area (Å²) in [4.78, 5) is 25.8. The number of rotatable bonds is 4. The molecule has 4 unspecified atom stereocenters. The summed E-state index contributed by atoms with van der Waals surface area (Å²) in [6.07, 6.45) is 2.00. The Bertz CT molecular complexity index is 385. The highest BCUT2D eigenvalue weighted by atomic mass is 16.5. The number of nitrogens with zero attached hydrogens (tertiary/aromatic N) is 1. The minimum Gasteiger partial charge on any atom is -0.377 e. The summed E-state index contributed by atoms with van der Waals surface area (Å²) < 4.78 is 5.56. The molecule has 0 saturated carbocycles. The summed E-state index contributed by atoms with van der Waals surface area (Å²) >= 11 is 0. The molecular weight excluding hydrogens is 244 g/mol. The summed E-state index contributed by atoms with van der Waals surface area (Å²) in [5.41, 5.74) is -0.216. The van der Waals surface area contributed by atoms with Gasteiger partial charge < -0.3 is 4.74 Å². The van der Waals surface area contributed by atoms with Crippen LogP contribution in [0.4, 0.5) is 0 Å². The first-order chi connectivity index (χ1) is 8.89. The van der Waals surface area contributed by atoms with E-state index in [0.29, 0.717) is 6.61 Å². The maximum atomic E-state index is 12.4. The molecule has 0 aromatic heterocycles. The van der Waals surface area contributed by atoms with Crippen molar-refractivity contribution < 1.29 is 14.3 Å². The van der Waals surface area contributed by atoms with Crippen molar-refractivity contribution in [3.05, 3.63) is 0 Å². The molecule has 2 saturated heterocycles. The Kier molecular flexibility index (Phi) is 3.97. The largest absolute Gasteiger partial charge is 0.377 e. The van der Waals surface area contributed by atoms with Crippen LogP contribution in [0.1, 0.15) is 47.0 Å². The minimum absolute atomic E-state index is 0.0168. The van der Waals surface area contributed by atoms with E-state index in [4.69, 9.17) is 4.74 Å². The second kappa shape index (κ2) is 5.21. The average Bonchev–Trinajstić information content (AvgIpc) is 2.81. The van der Waals surface area contributed by atoms with Crippen LogP contribution >= 0.6 is 0 Å². The number of carbonyl (C=O) groups is 2. The van der Waals surface area contributed by atoms with Crippen molar-refractivity contribution in [1.82, 2.24) is 10.2 Å². The monoisotopic (exact) mass is 268 g/mol. The molecule has 0 radical (unpaired) electrons. The van der Waals surface area contributed by atoms with E-state index in [9.17, 15) is 9.59 Å². The molecule has 0 bridgehead atoms. The molecule has 2 fully saturated rings. The number of hydrogen-bond donors (Lipinski definition) is 1. The Balaban J connectivity index is 2.07. The first-order valence-corrected chi connectivity index (χ1v) is 7.14. The predicted molar refractivity (Wildman–Crippen MR) is 71.6 cm³/mol. The van der Waals surface area contributed by atoms with Crippen LogP contribution in [0.5, 0.6) is 0 Å². The highest BCUT2D eigenvalue weighted by Gasteiger charge is 2.46. The van der Waals surface area contributed by atoms with Crippen molar-refractivity contribution in [3.8, 4) is 0 Å². The lowest BCUT2D eigenvalue weighted by Gasteiger charge is -2.32. The van der Waals surface area contributed by atoms with Gasteiger partial charge in [-0.2, -0.15) is 0 Å². The fraction of sp³-hybridized carbons (Fsp3) is 0.857. The van der Waals surface area contributed by atoms with Crippen LogP contribution in [-0.2, 0) is 14.3 Å². The van der Waals surface area contributed by atoms with Crippen LogP contribution in [0, 0.1) is 0 Å². The van der Waals surface area contributed by atoms with E-state index in [-0.39, 0.29) is 35.9 Å². The van der Waals surface area contributed by atoms with Gasteiger partial charge in [-0.3, -0.25) is 19.8 Å². The maximum Gasteiger partial charge on any atom is 0.247 e. The second-order valence-corrected chi connectivity index (χ2v) is 5.94. The lowest BCUT2D eigenvalue weighted by Crippen LogP contribution is -2.55. The third-order valence-electron chi connectivity index (χ3n) is 4.61. The molecule has 2 heterocycles. The van der Waals surface area contributed by atoms with Crippen molar-refractivity contribution >= 4 is 11.8 Å². The molecule has 108 valence electrons. The van der Waals surface area contributed by atoms with E-state index >= 15 is 0 Å². The zero-order valence-electron chi connectivity index (χ0n) is 12.2. The molecule has 4 atom stereocenters. The summed E-state index contributed by atoms with van der Waals surface area (Å²) in [7, 11) is 0. The molecule has 0 spiro atoms. The molecule has 2 rings (SSSR count). The van der Waals surface area contributed by atoms with Crippen LogP contribution in [-0.4, -0.2) is 47.0 Å². The van der Waals surface area contributed by atoms with E-state index in [1.807, 2.05) is 20.8 Å². The van der Waals surface area contributed by atoms with Crippen LogP contribution < -0.4 is 5.32 Å². The average molecular weight is 268 g/mol. The first kappa shape index (κ1) is 14.5. The molecule has 5 nitrogen and oxygen atoms in total. The molecule has 19 heavy (non-hydrogen) atoms. The van der Waals surface area contributed by atoms with Crippen LogP contribution in [0.25, 0.3) is 0 Å². The Morgan fingerprint density at radius 2 is 2.21 bits per heavy atom. The minimum atomic E-state index is -0.393. The molecule has 2 aliphatic rings. The number of hydrogen-bond acceptors (Lipinski definition) is 4. The number of amides is 2. The third kappa shape index (κ3) is 2.54. The molecular formula is C14H24N2O3. The van der Waals surface area contributed by atoms with Gasteiger partial charge in [-0.15, -0.1) is 0 Å². The van der Waals surface area contributed by atoms with Gasteiger partial charge in [-0.05, 0) is 33.6 Å². The van der Waals surface area contributed by atoms with E-state index in [1.165, 1.54) is 4.90 Å². The number of likely N-dealkylation sites (tertiary alicyclic amines) is 1. The molecule has 0 aromatic carbocycles. The summed E-state index contributed by atoms with van der Waals surface area (Å²) in [5.74, 6) is -0.147. The van der Waals surface area contributed by atoms with Crippen molar-refractivity contribution in [3.63, 3.8) is 0 Å². The van der Waals surface area contributed by atoms with Crippen molar-refractivity contribution in [2.24, 2.45) is 0 Å². The summed E-state index contributed by atoms with van der Waals surface area (Å²) in [6.45, 7) is 8.68. The van der Waals surface area contributed by atoms with Crippen LogP contribution in [0.3, 0.4) is 0 Å². The quantitative estimate of drug-likeness (QED) is 0.775. The molecule has 5 heteroatoms. The lowest BCUT2D eigenvalue weighted by molar-refractivity contribution is -0.141. The maximum absolute atomic E-state index is 12.4. The number of imide groups is 1. The van der Waals surface area contributed by atoms with Gasteiger partial charge >= 0.3 is 0 Å². The predicted octanol–water partition coefficient (Wildman–Crippen LogP) is 1.07. The zero-order valence-corrected chi connectivity index (χ0v) is 12.2. The topological polar surface area (TPSA) is 58.6 Å². The fourth-order valence-corrected chi connectivity index (χ4v) is 2.83. The zero-order chi connectivity index (χ0) is 14.2. The van der Waals surface area contributed by atoms with Gasteiger partial charge in [0, 0.05) is 18.2 Å². The van der Waals surface area contributed by atoms with Gasteiger partial charge in [0.15, 0.2) is 0 Å². The highest BCUT2D eigenvalue weighted by Crippen LogP contribution is 2.28. The Morgan fingerprint density at radius 1 is 1.53 bits per heavy atom. The van der Waals surface area contributed by atoms with Crippen molar-refractivity contribution in [2.75, 3.05) is 6.61 Å². The Hall–Kier alpha value is -0.940. The van der Waals surface area contributed by atoms with Crippen LogP contribution in [0.2, 0.25) is 0 Å². The van der Waals surface area contributed by atoms with Gasteiger partial charge in [0.05, 0.1) is 18.6 Å². The molecule has 0 aromatic rings. The normalized spacial score (nSPS) is 37.2. The van der Waals surface area contributed by atoms with E-state index in [2.05, 4.69) is 12.2 Å². The SMILES string of the molecule is CCC(C)N1C(=O)CC(NC2(C)CCOC2C)C1=O. The van der Waals surface area contributed by atoms with E-state index < -0.39 is 6.04 Å². The van der Waals surface area contributed by atoms with Gasteiger partial charge in [0.2, 0.25) is 11.8 Å². The third-order valence-corrected chi connectivity index (χ3v) is 4.61. The smallest absolute Gasteiger partial charge is 0.247 e. The van der Waals surface area contributed by atoms with E-state index in [1.54, 1.807) is 0 Å². The van der Waals surface area contributed by atoms with E-state index in [0.717, 1.165) is 12.8 Å². The van der Waals surface area contributed by atoms with Gasteiger partial charge in [-0.1, -0.05) is 6.92 Å².